The van der Waals surface area contributed by atoms with Crippen LogP contribution in [-0.4, -0.2) is 48.1 Å². The molecule has 2 saturated heterocycles. The molecule has 0 aromatic heterocycles. The van der Waals surface area contributed by atoms with Gasteiger partial charge in [0.25, 0.3) is 0 Å². The molecule has 0 radical (unpaired) electrons. The molecule has 0 spiro atoms. The maximum atomic E-state index is 2.79. The lowest BCUT2D eigenvalue weighted by Crippen LogP contribution is -2.47. The molecule has 2 heterocycles. The average molecular weight is 365 g/mol. The lowest BCUT2D eigenvalue weighted by atomic mass is 9.74. The lowest BCUT2D eigenvalue weighted by Gasteiger charge is -2.45. The van der Waals surface area contributed by atoms with Crippen LogP contribution in [0, 0.1) is 23.2 Å². The van der Waals surface area contributed by atoms with Gasteiger partial charge in [0.2, 0.25) is 0 Å². The normalized spacial score (nSPS) is 30.2. The van der Waals surface area contributed by atoms with Crippen molar-refractivity contribution < 1.29 is 0 Å². The van der Waals surface area contributed by atoms with Crippen LogP contribution in [0.15, 0.2) is 0 Å². The molecular formula is C24H48N2. The minimum atomic E-state index is 0.493. The molecular weight excluding hydrogens is 316 g/mol. The van der Waals surface area contributed by atoms with Crippen molar-refractivity contribution in [2.75, 3.05) is 26.2 Å². The van der Waals surface area contributed by atoms with Crippen molar-refractivity contribution in [1.82, 2.24) is 9.80 Å². The number of nitrogens with zero attached hydrogens (tertiary/aromatic N) is 2. The molecule has 0 aliphatic carbocycles. The summed E-state index contributed by atoms with van der Waals surface area (Å²) in [6, 6.07) is 1.53. The molecule has 2 unspecified atom stereocenters. The second-order valence-corrected chi connectivity index (χ2v) is 11.1. The van der Waals surface area contributed by atoms with Gasteiger partial charge < -0.3 is 4.90 Å². The first kappa shape index (κ1) is 22.2. The third-order valence-electron chi connectivity index (χ3n) is 7.27. The van der Waals surface area contributed by atoms with Gasteiger partial charge in [0.1, 0.15) is 0 Å². The molecule has 0 N–H and O–H groups in total. The van der Waals surface area contributed by atoms with Crippen LogP contribution in [0.4, 0.5) is 0 Å². The van der Waals surface area contributed by atoms with Gasteiger partial charge in [0.15, 0.2) is 0 Å². The molecule has 2 aliphatic heterocycles. The van der Waals surface area contributed by atoms with E-state index in [4.69, 9.17) is 0 Å². The Morgan fingerprint density at radius 1 is 0.923 bits per heavy atom. The average Bonchev–Trinajstić information content (AvgIpc) is 2.53. The zero-order valence-corrected chi connectivity index (χ0v) is 19.1. The van der Waals surface area contributed by atoms with E-state index >= 15 is 0 Å². The molecule has 2 nitrogen and oxygen atoms in total. The van der Waals surface area contributed by atoms with Crippen LogP contribution in [-0.2, 0) is 0 Å². The van der Waals surface area contributed by atoms with Crippen LogP contribution in [0.2, 0.25) is 0 Å². The van der Waals surface area contributed by atoms with Gasteiger partial charge in [-0.15, -0.1) is 0 Å². The highest BCUT2D eigenvalue weighted by molar-refractivity contribution is 4.87. The molecule has 0 amide bonds. The summed E-state index contributed by atoms with van der Waals surface area (Å²) in [5.41, 5.74) is 0.493. The van der Waals surface area contributed by atoms with Crippen molar-refractivity contribution in [2.24, 2.45) is 23.2 Å². The van der Waals surface area contributed by atoms with Crippen LogP contribution in [0.25, 0.3) is 0 Å². The molecule has 2 heteroatoms. The van der Waals surface area contributed by atoms with Crippen molar-refractivity contribution in [1.29, 1.82) is 0 Å². The van der Waals surface area contributed by atoms with Crippen LogP contribution in [0.3, 0.4) is 0 Å². The molecule has 2 rings (SSSR count). The number of likely N-dealkylation sites (tertiary alicyclic amines) is 2. The van der Waals surface area contributed by atoms with E-state index in [-0.39, 0.29) is 0 Å². The molecule has 154 valence electrons. The van der Waals surface area contributed by atoms with Gasteiger partial charge in [-0.05, 0) is 108 Å². The third-order valence-corrected chi connectivity index (χ3v) is 7.27. The number of piperidine rings is 2. The summed E-state index contributed by atoms with van der Waals surface area (Å²) in [6.07, 6.45) is 9.77. The van der Waals surface area contributed by atoms with Crippen molar-refractivity contribution in [3.63, 3.8) is 0 Å². The Labute approximate surface area is 165 Å². The quantitative estimate of drug-likeness (QED) is 0.516. The van der Waals surface area contributed by atoms with Crippen molar-refractivity contribution >= 4 is 0 Å². The SMILES string of the molecule is CC(C)CCN1C(C)CC(CC(C)(C)CCN2CCC(C)CC2)CC1C. The Hall–Kier alpha value is -0.0800. The van der Waals surface area contributed by atoms with E-state index in [0.29, 0.717) is 5.41 Å². The van der Waals surface area contributed by atoms with E-state index in [9.17, 15) is 0 Å². The summed E-state index contributed by atoms with van der Waals surface area (Å²) in [4.78, 5) is 5.51. The molecule has 2 aliphatic rings. The Kier molecular flexibility index (Phi) is 8.47. The predicted molar refractivity (Wildman–Crippen MR) is 116 cm³/mol. The predicted octanol–water partition coefficient (Wildman–Crippen LogP) is 6.06. The first-order valence-corrected chi connectivity index (χ1v) is 11.6. The highest BCUT2D eigenvalue weighted by Gasteiger charge is 2.33. The fourth-order valence-corrected chi connectivity index (χ4v) is 5.41. The second kappa shape index (κ2) is 9.92. The summed E-state index contributed by atoms with van der Waals surface area (Å²) in [5.74, 6) is 2.69. The minimum Gasteiger partial charge on any atom is -0.303 e. The number of hydrogen-bond acceptors (Lipinski definition) is 2. The van der Waals surface area contributed by atoms with E-state index in [0.717, 1.165) is 29.8 Å². The van der Waals surface area contributed by atoms with Gasteiger partial charge in [0, 0.05) is 12.1 Å². The summed E-state index contributed by atoms with van der Waals surface area (Å²) in [6.45, 7) is 22.4. The van der Waals surface area contributed by atoms with Gasteiger partial charge in [-0.3, -0.25) is 4.90 Å². The second-order valence-electron chi connectivity index (χ2n) is 11.1. The maximum Gasteiger partial charge on any atom is 0.00724 e. The Bertz CT molecular complexity index is 383. The first-order valence-electron chi connectivity index (χ1n) is 11.6. The van der Waals surface area contributed by atoms with Crippen LogP contribution in [0.1, 0.15) is 93.4 Å². The zero-order chi connectivity index (χ0) is 19.3. The van der Waals surface area contributed by atoms with Gasteiger partial charge in [-0.25, -0.2) is 0 Å². The molecule has 0 bridgehead atoms. The third kappa shape index (κ3) is 7.15. The monoisotopic (exact) mass is 364 g/mol. The van der Waals surface area contributed by atoms with E-state index in [1.54, 1.807) is 0 Å². The standard InChI is InChI=1S/C24H48N2/c1-19(2)8-14-26-21(4)16-23(17-22(26)5)18-24(6,7)11-15-25-12-9-20(3)10-13-25/h19-23H,8-18H2,1-7H3. The summed E-state index contributed by atoms with van der Waals surface area (Å²) in [7, 11) is 0. The van der Waals surface area contributed by atoms with Crippen molar-refractivity contribution in [2.45, 2.75) is 105 Å². The highest BCUT2D eigenvalue weighted by atomic mass is 15.2. The van der Waals surface area contributed by atoms with Gasteiger partial charge in [-0.2, -0.15) is 0 Å². The summed E-state index contributed by atoms with van der Waals surface area (Å²) < 4.78 is 0. The fraction of sp³-hybridized carbons (Fsp3) is 1.00. The van der Waals surface area contributed by atoms with E-state index in [1.807, 2.05) is 0 Å². The Morgan fingerprint density at radius 3 is 2.04 bits per heavy atom. The minimum absolute atomic E-state index is 0.493. The van der Waals surface area contributed by atoms with E-state index in [1.165, 1.54) is 71.1 Å². The van der Waals surface area contributed by atoms with Crippen LogP contribution < -0.4 is 0 Å². The molecule has 0 aromatic rings. The summed E-state index contributed by atoms with van der Waals surface area (Å²) >= 11 is 0. The maximum absolute atomic E-state index is 2.79. The Balaban J connectivity index is 1.76. The fourth-order valence-electron chi connectivity index (χ4n) is 5.41. The first-order chi connectivity index (χ1) is 12.2. The van der Waals surface area contributed by atoms with Gasteiger partial charge in [-0.1, -0.05) is 34.6 Å². The number of hydrogen-bond donors (Lipinski definition) is 0. The van der Waals surface area contributed by atoms with Gasteiger partial charge >= 0.3 is 0 Å². The summed E-state index contributed by atoms with van der Waals surface area (Å²) in [5, 5.41) is 0. The van der Waals surface area contributed by atoms with Gasteiger partial charge in [0.05, 0.1) is 0 Å². The van der Waals surface area contributed by atoms with Crippen molar-refractivity contribution in [3.05, 3.63) is 0 Å². The van der Waals surface area contributed by atoms with Crippen molar-refractivity contribution in [3.8, 4) is 0 Å². The largest absolute Gasteiger partial charge is 0.303 e. The van der Waals surface area contributed by atoms with E-state index < -0.39 is 0 Å². The van der Waals surface area contributed by atoms with E-state index in [2.05, 4.69) is 58.3 Å². The molecule has 2 atom stereocenters. The zero-order valence-electron chi connectivity index (χ0n) is 19.1. The smallest absolute Gasteiger partial charge is 0.00724 e. The topological polar surface area (TPSA) is 6.48 Å². The number of rotatable bonds is 8. The highest BCUT2D eigenvalue weighted by Crippen LogP contribution is 2.38. The molecule has 0 aromatic carbocycles. The van der Waals surface area contributed by atoms with Crippen LogP contribution >= 0.6 is 0 Å². The Morgan fingerprint density at radius 2 is 1.50 bits per heavy atom. The van der Waals surface area contributed by atoms with Crippen LogP contribution in [0.5, 0.6) is 0 Å². The molecule has 26 heavy (non-hydrogen) atoms. The molecule has 0 saturated carbocycles. The lowest BCUT2D eigenvalue weighted by molar-refractivity contribution is 0.0463. The molecule has 2 fully saturated rings.